The smallest absolute Gasteiger partial charge is 0.342 e. The number of benzene rings is 2. The van der Waals surface area contributed by atoms with E-state index in [2.05, 4.69) is 28.7 Å². The molecule has 2 aromatic rings. The molecule has 2 fully saturated rings. The molecule has 1 heterocycles. The lowest BCUT2D eigenvalue weighted by Gasteiger charge is -2.51. The van der Waals surface area contributed by atoms with Gasteiger partial charge in [0.1, 0.15) is 18.0 Å². The molecule has 0 radical (unpaired) electrons. The molecule has 7 heteroatoms. The largest absolute Gasteiger partial charge is 0.489 e. The molecule has 0 spiro atoms. The monoisotopic (exact) mass is 445 g/mol. The second kappa shape index (κ2) is 7.27. The lowest BCUT2D eigenvalue weighted by Crippen LogP contribution is -2.53. The number of hydrogen-bond acceptors (Lipinski definition) is 4. The molecule has 1 saturated carbocycles. The average molecular weight is 446 g/mol. The molecule has 2 atom stereocenters. The minimum absolute atomic E-state index is 0.239. The molecule has 158 valence electrons. The first-order chi connectivity index (χ1) is 14.4. The molecule has 0 aromatic heterocycles. The highest BCUT2D eigenvalue weighted by Gasteiger charge is 2.63. The second-order valence-electron chi connectivity index (χ2n) is 8.55. The highest BCUT2D eigenvalue weighted by molar-refractivity contribution is 8.12. The zero-order valence-corrected chi connectivity index (χ0v) is 18.2. The summed E-state index contributed by atoms with van der Waals surface area (Å²) in [6.45, 7) is 0.530. The summed E-state index contributed by atoms with van der Waals surface area (Å²) in [4.78, 5) is 0. The van der Waals surface area contributed by atoms with Gasteiger partial charge in [-0.2, -0.15) is 8.42 Å². The fourth-order valence-electron chi connectivity index (χ4n) is 5.70. The van der Waals surface area contributed by atoms with Crippen molar-refractivity contribution in [2.24, 2.45) is 4.40 Å². The van der Waals surface area contributed by atoms with Gasteiger partial charge in [-0.25, -0.2) is 0 Å². The predicted molar refractivity (Wildman–Crippen MR) is 116 cm³/mol. The van der Waals surface area contributed by atoms with E-state index >= 15 is 0 Å². The van der Waals surface area contributed by atoms with Gasteiger partial charge < -0.3 is 9.47 Å². The van der Waals surface area contributed by atoms with Crippen LogP contribution in [0.5, 0.6) is 5.75 Å². The molecule has 30 heavy (non-hydrogen) atoms. The fourth-order valence-corrected chi connectivity index (χ4v) is 6.27. The van der Waals surface area contributed by atoms with Crippen LogP contribution in [-0.4, -0.2) is 19.9 Å². The summed E-state index contributed by atoms with van der Waals surface area (Å²) in [5.74, 6) is 1.11. The van der Waals surface area contributed by atoms with E-state index in [1.165, 1.54) is 11.1 Å². The Morgan fingerprint density at radius 2 is 1.87 bits per heavy atom. The minimum Gasteiger partial charge on any atom is -0.489 e. The molecule has 2 aromatic carbocycles. The normalized spacial score (nSPS) is 28.9. The predicted octanol–water partition coefficient (Wildman–Crippen LogP) is 5.06. The highest BCUT2D eigenvalue weighted by atomic mass is 35.7. The third kappa shape index (κ3) is 3.40. The first-order valence-corrected chi connectivity index (χ1v) is 12.7. The minimum atomic E-state index is -4.00. The maximum absolute atomic E-state index is 11.6. The van der Waals surface area contributed by atoms with E-state index in [-0.39, 0.29) is 16.9 Å². The summed E-state index contributed by atoms with van der Waals surface area (Å²) >= 11 is 0. The zero-order valence-electron chi connectivity index (χ0n) is 16.6. The summed E-state index contributed by atoms with van der Waals surface area (Å²) in [6.07, 6.45) is 6.26. The number of ether oxygens (including phenoxy) is 2. The Balaban J connectivity index is 1.48. The van der Waals surface area contributed by atoms with Gasteiger partial charge in [0.25, 0.3) is 0 Å². The van der Waals surface area contributed by atoms with Gasteiger partial charge in [-0.15, -0.1) is 4.40 Å². The van der Waals surface area contributed by atoms with E-state index in [9.17, 15) is 8.42 Å². The van der Waals surface area contributed by atoms with Crippen LogP contribution in [0.15, 0.2) is 52.9 Å². The average Bonchev–Trinajstić information content (AvgIpc) is 3.06. The molecule has 3 aliphatic rings. The standard InChI is InChI=1S/C23H24ClNO4S/c24-30(26,27)25-21-15-22-11-4-5-12-23(22,29-21)13-10-18-14-19(8-9-20(18)22)28-16-17-6-2-1-3-7-17/h1-3,6-9,14H,4-5,10-13,15-16H2/b25-21-. The van der Waals surface area contributed by atoms with E-state index in [1.54, 1.807) is 0 Å². The van der Waals surface area contributed by atoms with Crippen molar-refractivity contribution >= 4 is 25.8 Å². The number of nitrogens with zero attached hydrogens (tertiary/aromatic N) is 1. The second-order valence-corrected chi connectivity index (χ2v) is 10.7. The number of aryl methyl sites for hydroxylation is 1. The molecule has 5 nitrogen and oxygen atoms in total. The fraction of sp³-hybridized carbons (Fsp3) is 0.435. The van der Waals surface area contributed by atoms with Gasteiger partial charge in [-0.3, -0.25) is 0 Å². The van der Waals surface area contributed by atoms with Gasteiger partial charge in [0.2, 0.25) is 5.90 Å². The van der Waals surface area contributed by atoms with Crippen molar-refractivity contribution < 1.29 is 17.9 Å². The van der Waals surface area contributed by atoms with Crippen LogP contribution < -0.4 is 4.74 Å². The van der Waals surface area contributed by atoms with E-state index in [0.717, 1.165) is 49.8 Å². The van der Waals surface area contributed by atoms with Gasteiger partial charge in [0.05, 0.1) is 0 Å². The van der Waals surface area contributed by atoms with Crippen LogP contribution >= 0.6 is 10.7 Å². The Morgan fingerprint density at radius 3 is 2.67 bits per heavy atom. The van der Waals surface area contributed by atoms with Gasteiger partial charge in [0, 0.05) is 22.5 Å². The van der Waals surface area contributed by atoms with Crippen LogP contribution in [0.1, 0.15) is 55.2 Å². The molecule has 2 aliphatic carbocycles. The lowest BCUT2D eigenvalue weighted by molar-refractivity contribution is -0.0324. The molecular formula is C23H24ClNO4S. The van der Waals surface area contributed by atoms with Crippen LogP contribution in [0.3, 0.4) is 0 Å². The van der Waals surface area contributed by atoms with Crippen LogP contribution in [-0.2, 0) is 32.4 Å². The van der Waals surface area contributed by atoms with Crippen LogP contribution in [0.2, 0.25) is 0 Å². The summed E-state index contributed by atoms with van der Waals surface area (Å²) in [5.41, 5.74) is 3.02. The summed E-state index contributed by atoms with van der Waals surface area (Å²) < 4.78 is 39.1. The van der Waals surface area contributed by atoms with Crippen molar-refractivity contribution in [1.82, 2.24) is 0 Å². The Bertz CT molecular complexity index is 1100. The maximum atomic E-state index is 11.6. The first kappa shape index (κ1) is 19.9. The van der Waals surface area contributed by atoms with Crippen LogP contribution in [0.25, 0.3) is 0 Å². The third-order valence-electron chi connectivity index (χ3n) is 6.92. The highest BCUT2D eigenvalue weighted by Crippen LogP contribution is 2.60. The Labute approximate surface area is 181 Å². The molecular weight excluding hydrogens is 422 g/mol. The summed E-state index contributed by atoms with van der Waals surface area (Å²) in [5, 5.41) is 0. The summed E-state index contributed by atoms with van der Waals surface area (Å²) in [7, 11) is 1.40. The van der Waals surface area contributed by atoms with E-state index < -0.39 is 9.24 Å². The molecule has 2 unspecified atom stereocenters. The number of fused-ring (bicyclic) bond motifs is 1. The lowest BCUT2D eigenvalue weighted by atomic mass is 9.54. The molecule has 1 saturated heterocycles. The summed E-state index contributed by atoms with van der Waals surface area (Å²) in [6, 6.07) is 16.4. The zero-order chi connectivity index (χ0) is 20.8. The van der Waals surface area contributed by atoms with E-state index in [0.29, 0.717) is 13.0 Å². The first-order valence-electron chi connectivity index (χ1n) is 10.4. The van der Waals surface area contributed by atoms with Gasteiger partial charge in [0.15, 0.2) is 0 Å². The quantitative estimate of drug-likeness (QED) is 0.616. The van der Waals surface area contributed by atoms with Crippen molar-refractivity contribution in [3.63, 3.8) is 0 Å². The van der Waals surface area contributed by atoms with Crippen molar-refractivity contribution in [3.8, 4) is 5.75 Å². The third-order valence-corrected chi connectivity index (χ3v) is 7.55. The molecule has 0 bridgehead atoms. The number of rotatable bonds is 4. The van der Waals surface area contributed by atoms with Gasteiger partial charge in [-0.05, 0) is 60.9 Å². The number of halogens is 1. The molecule has 0 amide bonds. The van der Waals surface area contributed by atoms with Crippen molar-refractivity contribution in [2.75, 3.05) is 0 Å². The molecule has 1 aliphatic heterocycles. The van der Waals surface area contributed by atoms with E-state index in [4.69, 9.17) is 20.2 Å². The van der Waals surface area contributed by atoms with Crippen molar-refractivity contribution in [2.45, 2.75) is 62.6 Å². The topological polar surface area (TPSA) is 65.0 Å². The number of hydrogen-bond donors (Lipinski definition) is 0. The van der Waals surface area contributed by atoms with Gasteiger partial charge >= 0.3 is 9.24 Å². The van der Waals surface area contributed by atoms with Crippen molar-refractivity contribution in [3.05, 3.63) is 65.2 Å². The Hall–Kier alpha value is -2.05. The Morgan fingerprint density at radius 1 is 1.07 bits per heavy atom. The molecule has 5 rings (SSSR count). The van der Waals surface area contributed by atoms with Crippen LogP contribution in [0, 0.1) is 0 Å². The van der Waals surface area contributed by atoms with Gasteiger partial charge in [-0.1, -0.05) is 42.8 Å². The van der Waals surface area contributed by atoms with E-state index in [1.807, 2.05) is 24.3 Å². The molecule has 0 N–H and O–H groups in total. The van der Waals surface area contributed by atoms with Crippen LogP contribution in [0.4, 0.5) is 0 Å². The SMILES string of the molecule is O=S(=O)(Cl)/N=C1/CC23CCCCC2(CCc2cc(OCc4ccccc4)ccc23)O1. The maximum Gasteiger partial charge on any atom is 0.342 e. The Kier molecular flexibility index (Phi) is 4.82. The van der Waals surface area contributed by atoms with Crippen molar-refractivity contribution in [1.29, 1.82) is 0 Å².